The maximum Gasteiger partial charge on any atom is 0.400 e. The van der Waals surface area contributed by atoms with E-state index >= 15 is 0 Å². The van der Waals surface area contributed by atoms with Crippen molar-refractivity contribution in [1.29, 1.82) is 0 Å². The number of alkyl halides is 4. The summed E-state index contributed by atoms with van der Waals surface area (Å²) in [5, 5.41) is 11.8. The first-order valence-electron chi connectivity index (χ1n) is 6.79. The topological polar surface area (TPSA) is 83.5 Å². The number of benzene rings is 1. The van der Waals surface area contributed by atoms with Gasteiger partial charge in [-0.25, -0.2) is 12.8 Å². The molecule has 1 rings (SSSR count). The van der Waals surface area contributed by atoms with Gasteiger partial charge in [0.1, 0.15) is 18.7 Å². The molecule has 0 fully saturated rings. The first-order chi connectivity index (χ1) is 10.9. The summed E-state index contributed by atoms with van der Waals surface area (Å²) in [5.41, 5.74) is 0.0602. The summed E-state index contributed by atoms with van der Waals surface area (Å²) in [6.45, 7) is -0.677. The van der Waals surface area contributed by atoms with Gasteiger partial charge in [-0.3, -0.25) is 4.79 Å². The molecule has 0 saturated heterocycles. The van der Waals surface area contributed by atoms with Crippen LogP contribution in [0.3, 0.4) is 0 Å². The Morgan fingerprint density at radius 1 is 1.25 bits per heavy atom. The fourth-order valence-electron chi connectivity index (χ4n) is 1.80. The maximum absolute atomic E-state index is 13.0. The minimum atomic E-state index is -4.78. The van der Waals surface area contributed by atoms with Gasteiger partial charge in [0, 0.05) is 6.26 Å². The molecule has 1 aromatic rings. The Balaban J connectivity index is 2.90. The van der Waals surface area contributed by atoms with Crippen molar-refractivity contribution in [2.75, 3.05) is 12.9 Å². The molecule has 0 saturated carbocycles. The minimum absolute atomic E-state index is 0.0371. The first-order valence-corrected chi connectivity index (χ1v) is 8.68. The predicted octanol–water partition coefficient (Wildman–Crippen LogP) is 1.78. The number of rotatable bonds is 6. The van der Waals surface area contributed by atoms with E-state index < -0.39 is 46.7 Å². The van der Waals surface area contributed by atoms with Gasteiger partial charge in [-0.2, -0.15) is 13.2 Å². The summed E-state index contributed by atoms with van der Waals surface area (Å²) in [7, 11) is -3.47. The molecule has 3 atom stereocenters. The van der Waals surface area contributed by atoms with E-state index in [1.165, 1.54) is 24.3 Å². The molecule has 0 aliphatic rings. The highest BCUT2D eigenvalue weighted by Gasteiger charge is 2.42. The summed E-state index contributed by atoms with van der Waals surface area (Å²) in [6.07, 6.45) is -5.44. The number of sulfone groups is 1. The van der Waals surface area contributed by atoms with Crippen LogP contribution < -0.4 is 5.32 Å². The van der Waals surface area contributed by atoms with Crippen molar-refractivity contribution in [1.82, 2.24) is 5.32 Å². The van der Waals surface area contributed by atoms with Crippen LogP contribution in [0.4, 0.5) is 17.6 Å². The second kappa shape index (κ2) is 7.47. The van der Waals surface area contributed by atoms with Crippen LogP contribution in [0.5, 0.6) is 0 Å². The fraction of sp³-hybridized carbons (Fsp3) is 0.500. The summed E-state index contributed by atoms with van der Waals surface area (Å²) in [6, 6.07) is 3.14. The van der Waals surface area contributed by atoms with E-state index in [0.717, 1.165) is 6.26 Å². The van der Waals surface area contributed by atoms with Crippen LogP contribution >= 0.6 is 0 Å². The lowest BCUT2D eigenvalue weighted by atomic mass is 10.0. The molecule has 5 nitrogen and oxygen atoms in total. The average molecular weight is 371 g/mol. The van der Waals surface area contributed by atoms with Crippen LogP contribution in [0.15, 0.2) is 29.2 Å². The van der Waals surface area contributed by atoms with Crippen molar-refractivity contribution in [2.24, 2.45) is 5.92 Å². The van der Waals surface area contributed by atoms with Crippen molar-refractivity contribution in [3.8, 4) is 0 Å². The second-order valence-corrected chi connectivity index (χ2v) is 7.33. The Bertz CT molecular complexity index is 673. The SMILES string of the molecule is C[C@H](C(=O)N[C@H](CF)[C@H](O)c1ccc(S(C)(=O)=O)cc1)C(F)(F)F. The van der Waals surface area contributed by atoms with E-state index in [2.05, 4.69) is 0 Å². The lowest BCUT2D eigenvalue weighted by Crippen LogP contribution is -2.46. The third kappa shape index (κ3) is 5.17. The molecule has 0 aliphatic heterocycles. The maximum atomic E-state index is 13.0. The summed E-state index contributed by atoms with van der Waals surface area (Å²) >= 11 is 0. The van der Waals surface area contributed by atoms with E-state index in [1.807, 2.05) is 5.32 Å². The number of carbonyl (C=O) groups is 1. The largest absolute Gasteiger partial charge is 0.400 e. The number of carbonyl (C=O) groups excluding carboxylic acids is 1. The molecule has 0 radical (unpaired) electrons. The van der Waals surface area contributed by atoms with Crippen molar-refractivity contribution in [2.45, 2.75) is 30.1 Å². The van der Waals surface area contributed by atoms with Crippen LogP contribution in [0.1, 0.15) is 18.6 Å². The van der Waals surface area contributed by atoms with E-state index in [9.17, 15) is 35.9 Å². The Labute approximate surface area is 136 Å². The van der Waals surface area contributed by atoms with E-state index in [-0.39, 0.29) is 10.5 Å². The Kier molecular flexibility index (Phi) is 6.34. The van der Waals surface area contributed by atoms with Gasteiger partial charge in [0.05, 0.1) is 10.9 Å². The first kappa shape index (κ1) is 20.4. The summed E-state index contributed by atoms with van der Waals surface area (Å²) < 4.78 is 73.1. The van der Waals surface area contributed by atoms with Gasteiger partial charge >= 0.3 is 6.18 Å². The van der Waals surface area contributed by atoms with Crippen molar-refractivity contribution < 1.29 is 35.9 Å². The Hall–Kier alpha value is -1.68. The zero-order chi connectivity index (χ0) is 18.7. The average Bonchev–Trinajstić information content (AvgIpc) is 2.49. The van der Waals surface area contributed by atoms with Crippen LogP contribution in [0.2, 0.25) is 0 Å². The van der Waals surface area contributed by atoms with Crippen LogP contribution in [0.25, 0.3) is 0 Å². The number of hydrogen-bond donors (Lipinski definition) is 2. The highest BCUT2D eigenvalue weighted by atomic mass is 32.2. The molecular weight excluding hydrogens is 354 g/mol. The van der Waals surface area contributed by atoms with Gasteiger partial charge in [0.2, 0.25) is 5.91 Å². The lowest BCUT2D eigenvalue weighted by molar-refractivity contribution is -0.179. The van der Waals surface area contributed by atoms with E-state index in [0.29, 0.717) is 6.92 Å². The molecule has 1 aromatic carbocycles. The van der Waals surface area contributed by atoms with Gasteiger partial charge in [-0.1, -0.05) is 12.1 Å². The minimum Gasteiger partial charge on any atom is -0.386 e. The predicted molar refractivity (Wildman–Crippen MR) is 77.6 cm³/mol. The molecule has 0 bridgehead atoms. The molecule has 0 aliphatic carbocycles. The van der Waals surface area contributed by atoms with Crippen molar-refractivity contribution in [3.63, 3.8) is 0 Å². The Morgan fingerprint density at radius 3 is 2.12 bits per heavy atom. The monoisotopic (exact) mass is 371 g/mol. The Morgan fingerprint density at radius 2 is 1.75 bits per heavy atom. The number of nitrogens with one attached hydrogen (secondary N) is 1. The molecule has 24 heavy (non-hydrogen) atoms. The molecule has 10 heteroatoms. The standard InChI is InChI=1S/C14H17F4NO4S/c1-8(14(16,17)18)13(21)19-11(7-15)12(20)9-3-5-10(6-4-9)24(2,22)23/h3-6,8,11-12,20H,7H2,1-2H3,(H,19,21)/t8-,11-,12-/m1/s1. The van der Waals surface area contributed by atoms with E-state index in [4.69, 9.17) is 0 Å². The molecule has 2 N–H and O–H groups in total. The molecule has 0 heterocycles. The van der Waals surface area contributed by atoms with Gasteiger partial charge in [-0.05, 0) is 24.6 Å². The summed E-state index contributed by atoms with van der Waals surface area (Å²) in [4.78, 5) is 11.5. The normalized spacial score (nSPS) is 16.3. The highest BCUT2D eigenvalue weighted by molar-refractivity contribution is 7.90. The summed E-state index contributed by atoms with van der Waals surface area (Å²) in [5.74, 6) is -3.82. The van der Waals surface area contributed by atoms with Crippen LogP contribution in [0, 0.1) is 5.92 Å². The van der Waals surface area contributed by atoms with Crippen molar-refractivity contribution in [3.05, 3.63) is 29.8 Å². The van der Waals surface area contributed by atoms with Gasteiger partial charge in [-0.15, -0.1) is 0 Å². The molecule has 1 amide bonds. The molecular formula is C14H17F4NO4S. The second-order valence-electron chi connectivity index (χ2n) is 5.32. The van der Waals surface area contributed by atoms with Crippen LogP contribution in [-0.2, 0) is 14.6 Å². The third-order valence-corrected chi connectivity index (χ3v) is 4.54. The number of amides is 1. The molecule has 136 valence electrons. The number of hydrogen-bond acceptors (Lipinski definition) is 4. The zero-order valence-corrected chi connectivity index (χ0v) is 13.7. The van der Waals surface area contributed by atoms with Crippen LogP contribution in [-0.4, -0.2) is 44.6 Å². The lowest BCUT2D eigenvalue weighted by Gasteiger charge is -2.24. The molecule has 0 spiro atoms. The van der Waals surface area contributed by atoms with Gasteiger partial charge in [0.25, 0.3) is 0 Å². The smallest absolute Gasteiger partial charge is 0.386 e. The molecule has 0 aromatic heterocycles. The number of aliphatic hydroxyl groups excluding tert-OH is 1. The van der Waals surface area contributed by atoms with E-state index in [1.54, 1.807) is 0 Å². The third-order valence-electron chi connectivity index (χ3n) is 3.41. The number of halogens is 4. The fourth-order valence-corrected chi connectivity index (χ4v) is 2.43. The van der Waals surface area contributed by atoms with Gasteiger partial charge in [0.15, 0.2) is 9.84 Å². The van der Waals surface area contributed by atoms with Crippen molar-refractivity contribution >= 4 is 15.7 Å². The van der Waals surface area contributed by atoms with Gasteiger partial charge < -0.3 is 10.4 Å². The quantitative estimate of drug-likeness (QED) is 0.747. The highest BCUT2D eigenvalue weighted by Crippen LogP contribution is 2.26. The number of aliphatic hydroxyl groups is 1. The molecule has 0 unspecified atom stereocenters. The zero-order valence-electron chi connectivity index (χ0n) is 12.8.